The first-order valence-corrected chi connectivity index (χ1v) is 28.2. The largest absolute Gasteiger partial charge is 0.382 e. The van der Waals surface area contributed by atoms with Crippen LogP contribution >= 0.6 is 0 Å². The lowest BCUT2D eigenvalue weighted by molar-refractivity contribution is -0.401. The third-order valence-corrected chi connectivity index (χ3v) is 14.8. The number of carbonyl (C=O) groups excluding carboxylic acids is 3. The predicted molar refractivity (Wildman–Crippen MR) is 316 cm³/mol. The Labute approximate surface area is 460 Å². The molecule has 0 radical (unpaired) electrons. The fourth-order valence-electron chi connectivity index (χ4n) is 10.4. The van der Waals surface area contributed by atoms with E-state index in [2.05, 4.69) is 177 Å². The van der Waals surface area contributed by atoms with E-state index in [4.69, 9.17) is 5.73 Å². The van der Waals surface area contributed by atoms with Crippen LogP contribution in [-0.2, 0) is 27.0 Å². The third-order valence-electron chi connectivity index (χ3n) is 14.8. The number of nitrogens with zero attached hydrogens (tertiary/aromatic N) is 5. The van der Waals surface area contributed by atoms with Gasteiger partial charge in [0, 0.05) is 72.7 Å². The van der Waals surface area contributed by atoms with Crippen molar-refractivity contribution in [3.05, 3.63) is 142 Å². The molecule has 5 aromatic rings. The van der Waals surface area contributed by atoms with Crippen LogP contribution in [0, 0.1) is 0 Å². The molecule has 0 unspecified atom stereocenters. The molecular weight excluding hydrogens is 979 g/mol. The molecule has 78 heavy (non-hydrogen) atoms. The second kappa shape index (κ2) is 28.3. The highest BCUT2D eigenvalue weighted by atomic mass is 16.2. The van der Waals surface area contributed by atoms with Gasteiger partial charge < -0.3 is 47.5 Å². The molecule has 0 atom stereocenters. The fourth-order valence-corrected chi connectivity index (χ4v) is 10.4. The van der Waals surface area contributed by atoms with E-state index in [1.54, 1.807) is 24.3 Å². The molecule has 0 saturated carbocycles. The number of carbonyl (C=O) groups is 3. The van der Waals surface area contributed by atoms with Gasteiger partial charge in [-0.25, -0.2) is 4.79 Å². The first kappa shape index (κ1) is 58.3. The highest BCUT2D eigenvalue weighted by Gasteiger charge is 2.42. The zero-order valence-corrected chi connectivity index (χ0v) is 46.9. The van der Waals surface area contributed by atoms with Gasteiger partial charge in [-0.05, 0) is 120 Å². The Bertz CT molecular complexity index is 3020. The zero-order valence-electron chi connectivity index (χ0n) is 46.9. The van der Waals surface area contributed by atoms with Crippen molar-refractivity contribution in [3.63, 3.8) is 0 Å². The summed E-state index contributed by atoms with van der Waals surface area (Å²) in [6.45, 7) is 17.6. The van der Waals surface area contributed by atoms with Gasteiger partial charge in [-0.1, -0.05) is 100 Å². The van der Waals surface area contributed by atoms with Gasteiger partial charge in [0.25, 0.3) is 5.91 Å². The molecule has 0 saturated heterocycles. The van der Waals surface area contributed by atoms with Crippen molar-refractivity contribution >= 4 is 57.7 Å². The standard InChI is InChI=1S/C61H83N13O4/c1-7-8-38-67-58-70-55(62)54-56(71-58)74(59(78)69-54)43-44-30-32-45(33-31-44)57(77)68-42-53(76)66-40-22-37-64-35-19-18-34-63-36-21-39-65-52(75)29-13-10-20-41-73-49-26-17-15-24-47(49)61(4,5)51(73)28-12-9-11-27-50-60(2,3)46-23-14-16-25-48(46)72(50)6/h9,11-12,14-17,23-28,30-33,63-64H,7-8,10,13,18-22,29,34-43H2,1-6H3,(H6-,62,65,66,67,68,69,70,71,75,76,77,78)/p+1. The smallest absolute Gasteiger partial charge is 0.328 e. The number of aromatic nitrogens is 4. The van der Waals surface area contributed by atoms with E-state index in [1.165, 1.54) is 38.5 Å². The van der Waals surface area contributed by atoms with Gasteiger partial charge in [0.15, 0.2) is 17.2 Å². The van der Waals surface area contributed by atoms with Crippen molar-refractivity contribution in [1.29, 1.82) is 0 Å². The number of hydrogen-bond donors (Lipinski definition) is 8. The van der Waals surface area contributed by atoms with Crippen LogP contribution in [0.3, 0.4) is 0 Å². The summed E-state index contributed by atoms with van der Waals surface area (Å²) in [6.07, 6.45) is 20.1. The summed E-state index contributed by atoms with van der Waals surface area (Å²) in [6, 6.07) is 24.3. The lowest BCUT2D eigenvalue weighted by atomic mass is 9.81. The third kappa shape index (κ3) is 15.2. The summed E-state index contributed by atoms with van der Waals surface area (Å²) in [5, 5.41) is 18.7. The van der Waals surface area contributed by atoms with Crippen LogP contribution < -0.4 is 48.2 Å². The first-order valence-electron chi connectivity index (χ1n) is 28.2. The SMILES string of the molecule is CCCCNc1nc(N)c2[nH]c(=O)n(Cc3ccc(C(=O)NCC(=O)NCCCNCCCCNCCCNC(=O)CCCCCN4/C(=C/C=C/C=C/C5=[N+](C)c6ccccc6C5(C)C)C(C)(C)c5ccccc54)cc3)c2n1. The summed E-state index contributed by atoms with van der Waals surface area (Å²) in [4.78, 5) is 64.6. The molecule has 4 heterocycles. The molecule has 0 fully saturated rings. The summed E-state index contributed by atoms with van der Waals surface area (Å²) in [7, 11) is 2.15. The Hall–Kier alpha value is -7.37. The number of nitrogen functional groups attached to an aromatic ring is 1. The monoisotopic (exact) mass is 1060 g/mol. The number of H-pyrrole nitrogens is 1. The number of fused-ring (bicyclic) bond motifs is 3. The van der Waals surface area contributed by atoms with Crippen molar-refractivity contribution < 1.29 is 19.0 Å². The molecule has 3 aromatic carbocycles. The zero-order chi connectivity index (χ0) is 55.5. The normalized spacial score (nSPS) is 14.9. The maximum absolute atomic E-state index is 12.8. The van der Waals surface area contributed by atoms with Crippen LogP contribution in [-0.4, -0.2) is 113 Å². The number of rotatable bonds is 31. The first-order chi connectivity index (χ1) is 37.7. The average Bonchev–Trinajstić information content (AvgIpc) is 3.98. The number of amides is 3. The van der Waals surface area contributed by atoms with E-state index in [0.717, 1.165) is 96.1 Å². The Balaban J connectivity index is 0.681. The summed E-state index contributed by atoms with van der Waals surface area (Å²) >= 11 is 0. The highest BCUT2D eigenvalue weighted by Crippen LogP contribution is 2.47. The Kier molecular flexibility index (Phi) is 21.2. The number of nitrogens with two attached hydrogens (primary N) is 1. The van der Waals surface area contributed by atoms with Gasteiger partial charge in [-0.2, -0.15) is 14.5 Å². The van der Waals surface area contributed by atoms with Crippen molar-refractivity contribution in [2.75, 3.05) is 81.9 Å². The minimum absolute atomic E-state index is 0.0527. The molecule has 0 spiro atoms. The molecule has 17 heteroatoms. The van der Waals surface area contributed by atoms with E-state index >= 15 is 0 Å². The van der Waals surface area contributed by atoms with E-state index in [-0.39, 0.29) is 53.1 Å². The minimum Gasteiger partial charge on any atom is -0.382 e. The number of para-hydroxylation sites is 2. The number of anilines is 3. The number of benzene rings is 3. The van der Waals surface area contributed by atoms with Gasteiger partial charge >= 0.3 is 5.69 Å². The lowest BCUT2D eigenvalue weighted by Gasteiger charge is -2.27. The molecule has 2 aliphatic heterocycles. The second-order valence-corrected chi connectivity index (χ2v) is 21.4. The van der Waals surface area contributed by atoms with Crippen molar-refractivity contribution in [1.82, 2.24) is 46.1 Å². The molecule has 9 N–H and O–H groups in total. The van der Waals surface area contributed by atoms with Crippen LogP contribution in [0.5, 0.6) is 0 Å². The van der Waals surface area contributed by atoms with Crippen LogP contribution in [0.2, 0.25) is 0 Å². The van der Waals surface area contributed by atoms with E-state index in [9.17, 15) is 19.2 Å². The van der Waals surface area contributed by atoms with Crippen LogP contribution in [0.1, 0.15) is 126 Å². The molecule has 0 bridgehead atoms. The summed E-state index contributed by atoms with van der Waals surface area (Å²) in [5.74, 6) is 0.0518. The summed E-state index contributed by atoms with van der Waals surface area (Å²) < 4.78 is 3.79. The average molecular weight is 1060 g/mol. The fraction of sp³-hybridized carbons (Fsp3) is 0.459. The Morgan fingerprint density at radius 3 is 2.10 bits per heavy atom. The van der Waals surface area contributed by atoms with E-state index in [1.807, 2.05) is 0 Å². The van der Waals surface area contributed by atoms with Gasteiger partial charge in [0.1, 0.15) is 12.6 Å². The number of unbranched alkanes of at least 4 members (excludes halogenated alkanes) is 4. The Morgan fingerprint density at radius 1 is 0.705 bits per heavy atom. The second-order valence-electron chi connectivity index (χ2n) is 21.4. The van der Waals surface area contributed by atoms with Gasteiger partial charge in [-0.15, -0.1) is 0 Å². The number of hydrogen-bond acceptors (Lipinski definition) is 11. The maximum Gasteiger partial charge on any atom is 0.328 e. The van der Waals surface area contributed by atoms with Gasteiger partial charge in [0.2, 0.25) is 23.5 Å². The molecule has 17 nitrogen and oxygen atoms in total. The highest BCUT2D eigenvalue weighted by molar-refractivity contribution is 6.03. The van der Waals surface area contributed by atoms with Crippen LogP contribution in [0.15, 0.2) is 114 Å². The van der Waals surface area contributed by atoms with E-state index < -0.39 is 0 Å². The molecule has 0 aliphatic carbocycles. The Morgan fingerprint density at radius 2 is 1.38 bits per heavy atom. The van der Waals surface area contributed by atoms with Crippen molar-refractivity contribution in [2.24, 2.45) is 0 Å². The van der Waals surface area contributed by atoms with E-state index in [0.29, 0.717) is 48.7 Å². The number of aromatic amines is 1. The van der Waals surface area contributed by atoms with Crippen molar-refractivity contribution in [3.8, 4) is 0 Å². The predicted octanol–water partition coefficient (Wildman–Crippen LogP) is 7.72. The van der Waals surface area contributed by atoms with Gasteiger partial charge in [-0.3, -0.25) is 19.0 Å². The quantitative estimate of drug-likeness (QED) is 0.0122. The molecule has 3 amide bonds. The molecule has 7 rings (SSSR count). The minimum atomic E-state index is -0.367. The summed E-state index contributed by atoms with van der Waals surface area (Å²) in [5.41, 5.74) is 15.4. The number of allylic oxidation sites excluding steroid dienone is 6. The molecule has 2 aliphatic rings. The maximum atomic E-state index is 12.8. The number of imidazole rings is 1. The van der Waals surface area contributed by atoms with Gasteiger partial charge in [0.05, 0.1) is 18.5 Å². The van der Waals surface area contributed by atoms with Crippen molar-refractivity contribution in [2.45, 2.75) is 116 Å². The van der Waals surface area contributed by atoms with Crippen LogP contribution in [0.4, 0.5) is 23.1 Å². The lowest BCUT2D eigenvalue weighted by Crippen LogP contribution is -2.37. The molecule has 2 aromatic heterocycles. The molecular formula is C61H84N13O4+. The van der Waals surface area contributed by atoms with Crippen LogP contribution in [0.25, 0.3) is 11.2 Å². The molecule has 416 valence electrons. The number of nitrogens with one attached hydrogen (secondary N) is 7. The topological polar surface area (TPSA) is 219 Å².